The quantitative estimate of drug-likeness (QED) is 0.939. The van der Waals surface area contributed by atoms with Gasteiger partial charge in [0.05, 0.1) is 17.2 Å². The molecule has 1 aromatic carbocycles. The summed E-state index contributed by atoms with van der Waals surface area (Å²) in [7, 11) is 0. The molecule has 1 fully saturated rings. The van der Waals surface area contributed by atoms with E-state index in [9.17, 15) is 0 Å². The van der Waals surface area contributed by atoms with Crippen LogP contribution in [0.25, 0.3) is 10.9 Å². The van der Waals surface area contributed by atoms with Crippen molar-refractivity contribution in [3.8, 4) is 0 Å². The Morgan fingerprint density at radius 3 is 2.90 bits per heavy atom. The van der Waals surface area contributed by atoms with Crippen molar-refractivity contribution >= 4 is 10.9 Å². The zero-order valence-electron chi connectivity index (χ0n) is 12.4. The van der Waals surface area contributed by atoms with Crippen LogP contribution in [0.5, 0.6) is 0 Å². The van der Waals surface area contributed by atoms with Crippen LogP contribution >= 0.6 is 0 Å². The van der Waals surface area contributed by atoms with E-state index in [2.05, 4.69) is 23.2 Å². The lowest BCUT2D eigenvalue weighted by atomic mass is 9.82. The largest absolute Gasteiger partial charge is 0.381 e. The number of nitrogens with zero attached hydrogens (tertiary/aromatic N) is 1. The van der Waals surface area contributed by atoms with Gasteiger partial charge in [0.25, 0.3) is 0 Å². The Labute approximate surface area is 125 Å². The number of hydrogen-bond acceptors (Lipinski definition) is 4. The summed E-state index contributed by atoms with van der Waals surface area (Å²) in [6.45, 7) is 4.11. The summed E-state index contributed by atoms with van der Waals surface area (Å²) in [5.74, 6) is 0. The van der Waals surface area contributed by atoms with Crippen LogP contribution < -0.4 is 5.73 Å². The van der Waals surface area contributed by atoms with Gasteiger partial charge < -0.3 is 15.2 Å². The Kier molecular flexibility index (Phi) is 4.19. The third-order valence-electron chi connectivity index (χ3n) is 4.32. The predicted octanol–water partition coefficient (Wildman–Crippen LogP) is 2.82. The lowest BCUT2D eigenvalue weighted by Gasteiger charge is -2.41. The molecule has 4 heteroatoms. The molecule has 112 valence electrons. The molecule has 2 N–H and O–H groups in total. The second kappa shape index (κ2) is 6.10. The fraction of sp³-hybridized carbons (Fsp3) is 0.471. The molecule has 2 aromatic rings. The Balaban J connectivity index is 1.95. The minimum atomic E-state index is -0.317. The monoisotopic (exact) mass is 286 g/mol. The molecule has 21 heavy (non-hydrogen) atoms. The predicted molar refractivity (Wildman–Crippen MR) is 83.1 cm³/mol. The SMILES string of the molecule is CCOC1(C(N)c2ccc3ncccc3c2)CCOCC1. The van der Waals surface area contributed by atoms with Crippen molar-refractivity contribution < 1.29 is 9.47 Å². The first kappa shape index (κ1) is 14.4. The minimum absolute atomic E-state index is 0.147. The van der Waals surface area contributed by atoms with Crippen molar-refractivity contribution in [3.63, 3.8) is 0 Å². The van der Waals surface area contributed by atoms with E-state index in [-0.39, 0.29) is 11.6 Å². The maximum absolute atomic E-state index is 6.58. The van der Waals surface area contributed by atoms with Crippen molar-refractivity contribution in [1.82, 2.24) is 4.98 Å². The van der Waals surface area contributed by atoms with Crippen molar-refractivity contribution in [2.24, 2.45) is 5.73 Å². The van der Waals surface area contributed by atoms with E-state index in [1.54, 1.807) is 0 Å². The van der Waals surface area contributed by atoms with Gasteiger partial charge in [0.15, 0.2) is 0 Å². The highest BCUT2D eigenvalue weighted by molar-refractivity contribution is 5.79. The number of nitrogens with two attached hydrogens (primary N) is 1. The molecule has 0 radical (unpaired) electrons. The standard InChI is InChI=1S/C17H22N2O2/c1-2-21-17(7-10-20-11-8-17)16(18)14-5-6-15-13(12-14)4-3-9-19-15/h3-6,9,12,16H,2,7-8,10-11,18H2,1H3. The number of fused-ring (bicyclic) bond motifs is 1. The number of hydrogen-bond donors (Lipinski definition) is 1. The van der Waals surface area contributed by atoms with Gasteiger partial charge in [0, 0.05) is 44.2 Å². The van der Waals surface area contributed by atoms with Crippen LogP contribution in [-0.4, -0.2) is 30.4 Å². The molecule has 0 saturated carbocycles. The Morgan fingerprint density at radius 2 is 2.14 bits per heavy atom. The highest BCUT2D eigenvalue weighted by Gasteiger charge is 2.40. The van der Waals surface area contributed by atoms with Gasteiger partial charge in [-0.05, 0) is 30.7 Å². The van der Waals surface area contributed by atoms with Gasteiger partial charge in [-0.3, -0.25) is 4.98 Å². The molecule has 1 atom stereocenters. The van der Waals surface area contributed by atoms with Crippen molar-refractivity contribution in [2.75, 3.05) is 19.8 Å². The molecular formula is C17H22N2O2. The molecule has 1 unspecified atom stereocenters. The van der Waals surface area contributed by atoms with Crippen molar-refractivity contribution in [2.45, 2.75) is 31.4 Å². The van der Waals surface area contributed by atoms with E-state index in [4.69, 9.17) is 15.2 Å². The minimum Gasteiger partial charge on any atom is -0.381 e. The number of ether oxygens (including phenoxy) is 2. The van der Waals surface area contributed by atoms with E-state index >= 15 is 0 Å². The van der Waals surface area contributed by atoms with Crippen LogP contribution in [-0.2, 0) is 9.47 Å². The molecule has 1 aromatic heterocycles. The summed E-state index contributed by atoms with van der Waals surface area (Å²) < 4.78 is 11.6. The van der Waals surface area contributed by atoms with Crippen LogP contribution in [0.15, 0.2) is 36.5 Å². The lowest BCUT2D eigenvalue weighted by Crippen LogP contribution is -2.48. The van der Waals surface area contributed by atoms with Gasteiger partial charge in [-0.1, -0.05) is 12.1 Å². The normalized spacial score (nSPS) is 19.5. The molecule has 3 rings (SSSR count). The maximum atomic E-state index is 6.58. The highest BCUT2D eigenvalue weighted by Crippen LogP contribution is 2.36. The zero-order valence-corrected chi connectivity index (χ0v) is 12.4. The molecule has 4 nitrogen and oxygen atoms in total. The Morgan fingerprint density at radius 1 is 1.33 bits per heavy atom. The summed E-state index contributed by atoms with van der Waals surface area (Å²) in [6.07, 6.45) is 3.49. The van der Waals surface area contributed by atoms with Crippen LogP contribution in [0.2, 0.25) is 0 Å². The third-order valence-corrected chi connectivity index (χ3v) is 4.32. The first-order valence-electron chi connectivity index (χ1n) is 7.57. The number of aromatic nitrogens is 1. The Hall–Kier alpha value is -1.49. The van der Waals surface area contributed by atoms with Gasteiger partial charge in [-0.25, -0.2) is 0 Å². The van der Waals surface area contributed by atoms with Crippen LogP contribution in [0.1, 0.15) is 31.4 Å². The van der Waals surface area contributed by atoms with Gasteiger partial charge in [-0.2, -0.15) is 0 Å². The first-order chi connectivity index (χ1) is 10.2. The molecule has 0 amide bonds. The molecule has 2 heterocycles. The van der Waals surface area contributed by atoms with Gasteiger partial charge in [-0.15, -0.1) is 0 Å². The lowest BCUT2D eigenvalue weighted by molar-refractivity contribution is -0.121. The van der Waals surface area contributed by atoms with E-state index < -0.39 is 0 Å². The summed E-state index contributed by atoms with van der Waals surface area (Å²) in [5.41, 5.74) is 8.36. The average molecular weight is 286 g/mol. The second-order valence-electron chi connectivity index (χ2n) is 5.54. The zero-order chi connectivity index (χ0) is 14.7. The van der Waals surface area contributed by atoms with Crippen LogP contribution in [0.4, 0.5) is 0 Å². The third kappa shape index (κ3) is 2.79. The molecular weight excluding hydrogens is 264 g/mol. The topological polar surface area (TPSA) is 57.4 Å². The summed E-state index contributed by atoms with van der Waals surface area (Å²) >= 11 is 0. The molecule has 1 aliphatic rings. The molecule has 0 bridgehead atoms. The summed E-state index contributed by atoms with van der Waals surface area (Å²) in [5, 5.41) is 1.11. The Bertz CT molecular complexity index is 603. The molecule has 0 spiro atoms. The first-order valence-corrected chi connectivity index (χ1v) is 7.57. The maximum Gasteiger partial charge on any atom is 0.0917 e. The summed E-state index contributed by atoms with van der Waals surface area (Å²) in [6, 6.07) is 10.1. The van der Waals surface area contributed by atoms with Gasteiger partial charge >= 0.3 is 0 Å². The molecule has 1 saturated heterocycles. The molecule has 1 aliphatic heterocycles. The number of benzene rings is 1. The smallest absolute Gasteiger partial charge is 0.0917 e. The van der Waals surface area contributed by atoms with Crippen LogP contribution in [0.3, 0.4) is 0 Å². The number of pyridine rings is 1. The van der Waals surface area contributed by atoms with E-state index in [1.165, 1.54) is 0 Å². The number of rotatable bonds is 4. The summed E-state index contributed by atoms with van der Waals surface area (Å²) in [4.78, 5) is 4.36. The van der Waals surface area contributed by atoms with Crippen LogP contribution in [0, 0.1) is 0 Å². The van der Waals surface area contributed by atoms with Gasteiger partial charge in [0.2, 0.25) is 0 Å². The molecule has 0 aliphatic carbocycles. The van der Waals surface area contributed by atoms with Gasteiger partial charge in [0.1, 0.15) is 0 Å². The highest BCUT2D eigenvalue weighted by atomic mass is 16.5. The average Bonchev–Trinajstić information content (AvgIpc) is 2.55. The van der Waals surface area contributed by atoms with Crippen molar-refractivity contribution in [3.05, 3.63) is 42.1 Å². The van der Waals surface area contributed by atoms with E-state index in [0.717, 1.165) is 29.3 Å². The van der Waals surface area contributed by atoms with E-state index in [1.807, 2.05) is 25.3 Å². The second-order valence-corrected chi connectivity index (χ2v) is 5.54. The van der Waals surface area contributed by atoms with Crippen molar-refractivity contribution in [1.29, 1.82) is 0 Å². The fourth-order valence-electron chi connectivity index (χ4n) is 3.14. The van der Waals surface area contributed by atoms with E-state index in [0.29, 0.717) is 19.8 Å². The fourth-order valence-corrected chi connectivity index (χ4v) is 3.14.